The van der Waals surface area contributed by atoms with E-state index < -0.39 is 33.2 Å². The number of sulfonamides is 1. The van der Waals surface area contributed by atoms with Gasteiger partial charge in [0.05, 0.1) is 21.0 Å². The van der Waals surface area contributed by atoms with Crippen molar-refractivity contribution in [1.82, 2.24) is 15.2 Å². The first-order chi connectivity index (χ1) is 12.1. The summed E-state index contributed by atoms with van der Waals surface area (Å²) < 4.78 is 39.0. The van der Waals surface area contributed by atoms with Crippen molar-refractivity contribution in [3.63, 3.8) is 0 Å². The van der Waals surface area contributed by atoms with Gasteiger partial charge < -0.3 is 0 Å². The number of amides is 2. The van der Waals surface area contributed by atoms with E-state index in [2.05, 4.69) is 5.43 Å². The molecule has 0 aromatic heterocycles. The summed E-state index contributed by atoms with van der Waals surface area (Å²) in [6.07, 6.45) is 0. The van der Waals surface area contributed by atoms with Crippen LogP contribution < -0.4 is 10.9 Å². The fourth-order valence-corrected chi connectivity index (χ4v) is 3.09. The van der Waals surface area contributed by atoms with E-state index in [1.165, 1.54) is 26.2 Å². The van der Waals surface area contributed by atoms with Gasteiger partial charge in [-0.2, -0.15) is 0 Å². The first-order valence-electron chi connectivity index (χ1n) is 7.22. The van der Waals surface area contributed by atoms with Gasteiger partial charge in [0.1, 0.15) is 5.82 Å². The number of hydrazine groups is 1. The van der Waals surface area contributed by atoms with Crippen LogP contribution in [0.1, 0.15) is 20.7 Å². The average molecular weight is 400 g/mol. The first kappa shape index (κ1) is 19.8. The third-order valence-electron chi connectivity index (χ3n) is 3.37. The minimum Gasteiger partial charge on any atom is -0.267 e. The smallest absolute Gasteiger partial charge is 0.267 e. The lowest BCUT2D eigenvalue weighted by molar-refractivity contribution is 0.0844. The third kappa shape index (κ3) is 4.18. The molecule has 0 fully saturated rings. The van der Waals surface area contributed by atoms with Gasteiger partial charge in [0.15, 0.2) is 0 Å². The first-order valence-corrected chi connectivity index (χ1v) is 9.03. The number of nitrogens with zero attached hydrogens (tertiary/aromatic N) is 1. The van der Waals surface area contributed by atoms with Crippen molar-refractivity contribution in [2.24, 2.45) is 0 Å². The van der Waals surface area contributed by atoms with E-state index in [1.54, 1.807) is 12.1 Å². The Morgan fingerprint density at radius 3 is 2.15 bits per heavy atom. The second-order valence-electron chi connectivity index (χ2n) is 5.32. The summed E-state index contributed by atoms with van der Waals surface area (Å²) in [7, 11) is -1.23. The molecule has 0 saturated heterocycles. The summed E-state index contributed by atoms with van der Waals surface area (Å²) in [6.45, 7) is 0. The quantitative estimate of drug-likeness (QED) is 0.766. The van der Waals surface area contributed by atoms with Crippen molar-refractivity contribution in [3.05, 3.63) is 64.4 Å². The maximum Gasteiger partial charge on any atom is 0.272 e. The molecule has 0 saturated carbocycles. The van der Waals surface area contributed by atoms with Gasteiger partial charge in [0, 0.05) is 14.1 Å². The summed E-state index contributed by atoms with van der Waals surface area (Å²) in [5, 5.41) is 0.171. The number of hydrogen-bond acceptors (Lipinski definition) is 4. The number of rotatable bonds is 4. The zero-order chi connectivity index (χ0) is 19.5. The van der Waals surface area contributed by atoms with Crippen molar-refractivity contribution >= 4 is 33.4 Å². The van der Waals surface area contributed by atoms with Crippen LogP contribution in [0.25, 0.3) is 0 Å². The highest BCUT2D eigenvalue weighted by atomic mass is 35.5. The number of carbonyl (C=O) groups is 2. The van der Waals surface area contributed by atoms with Gasteiger partial charge in [-0.1, -0.05) is 23.7 Å². The molecule has 0 atom stereocenters. The summed E-state index contributed by atoms with van der Waals surface area (Å²) in [4.78, 5) is 23.9. The van der Waals surface area contributed by atoms with Gasteiger partial charge in [-0.25, -0.2) is 17.1 Å². The molecule has 2 amide bonds. The van der Waals surface area contributed by atoms with E-state index in [0.717, 1.165) is 22.5 Å². The minimum atomic E-state index is -3.85. The molecular weight excluding hydrogens is 385 g/mol. The number of halogens is 2. The number of carbonyl (C=O) groups excluding carboxylic acids is 2. The largest absolute Gasteiger partial charge is 0.272 e. The van der Waals surface area contributed by atoms with Crippen LogP contribution in [0.2, 0.25) is 5.02 Å². The second-order valence-corrected chi connectivity index (χ2v) is 7.88. The fourth-order valence-electron chi connectivity index (χ4n) is 1.94. The SMILES string of the molecule is CN(C)S(=O)(=O)c1ccc(F)c(C(=O)NNC(=O)c2ccccc2Cl)c1. The fraction of sp³-hybridized carbons (Fsp3) is 0.125. The Morgan fingerprint density at radius 1 is 1.00 bits per heavy atom. The molecule has 0 aliphatic carbocycles. The zero-order valence-corrected chi connectivity index (χ0v) is 15.4. The highest BCUT2D eigenvalue weighted by Crippen LogP contribution is 2.18. The summed E-state index contributed by atoms with van der Waals surface area (Å²) in [5.41, 5.74) is 3.70. The zero-order valence-electron chi connectivity index (χ0n) is 13.8. The van der Waals surface area contributed by atoms with Crippen molar-refractivity contribution < 1.29 is 22.4 Å². The monoisotopic (exact) mass is 399 g/mol. The molecule has 0 unspecified atom stereocenters. The lowest BCUT2D eigenvalue weighted by Gasteiger charge is -2.13. The molecule has 26 heavy (non-hydrogen) atoms. The Kier molecular flexibility index (Phi) is 5.96. The maximum atomic E-state index is 13.9. The van der Waals surface area contributed by atoms with Gasteiger partial charge in [0.2, 0.25) is 10.0 Å². The van der Waals surface area contributed by atoms with Crippen molar-refractivity contribution in [1.29, 1.82) is 0 Å². The second kappa shape index (κ2) is 7.81. The lowest BCUT2D eigenvalue weighted by Crippen LogP contribution is -2.42. The van der Waals surface area contributed by atoms with E-state index in [4.69, 9.17) is 11.6 Å². The normalized spacial score (nSPS) is 11.3. The summed E-state index contributed by atoms with van der Waals surface area (Å²) in [6, 6.07) is 8.94. The summed E-state index contributed by atoms with van der Waals surface area (Å²) in [5.74, 6) is -2.66. The minimum absolute atomic E-state index is 0.110. The topological polar surface area (TPSA) is 95.6 Å². The Morgan fingerprint density at radius 2 is 1.58 bits per heavy atom. The predicted octanol–water partition coefficient (Wildman–Crippen LogP) is 1.80. The van der Waals surface area contributed by atoms with E-state index >= 15 is 0 Å². The highest BCUT2D eigenvalue weighted by molar-refractivity contribution is 7.89. The average Bonchev–Trinajstić information content (AvgIpc) is 2.59. The van der Waals surface area contributed by atoms with Gasteiger partial charge in [-0.15, -0.1) is 0 Å². The molecule has 2 aromatic rings. The Hall–Kier alpha value is -2.49. The number of hydrogen-bond donors (Lipinski definition) is 2. The molecule has 0 spiro atoms. The van der Waals surface area contributed by atoms with Crippen molar-refractivity contribution in [2.45, 2.75) is 4.90 Å². The van der Waals surface area contributed by atoms with Crippen LogP contribution in [-0.2, 0) is 10.0 Å². The standard InChI is InChI=1S/C16H15ClFN3O4S/c1-21(2)26(24,25)10-7-8-14(18)12(9-10)16(23)20-19-15(22)11-5-3-4-6-13(11)17/h3-9H,1-2H3,(H,19,22)(H,20,23). The predicted molar refractivity (Wildman–Crippen MR) is 93.7 cm³/mol. The molecule has 0 heterocycles. The van der Waals surface area contributed by atoms with Crippen LogP contribution in [0.3, 0.4) is 0 Å². The van der Waals surface area contributed by atoms with E-state index in [0.29, 0.717) is 0 Å². The summed E-state index contributed by atoms with van der Waals surface area (Å²) >= 11 is 5.87. The van der Waals surface area contributed by atoms with Crippen LogP contribution in [-0.4, -0.2) is 38.6 Å². The number of benzene rings is 2. The van der Waals surface area contributed by atoms with Gasteiger partial charge in [0.25, 0.3) is 11.8 Å². The van der Waals surface area contributed by atoms with Crippen LogP contribution in [0, 0.1) is 5.82 Å². The van der Waals surface area contributed by atoms with Crippen LogP contribution in [0.5, 0.6) is 0 Å². The van der Waals surface area contributed by atoms with Crippen LogP contribution in [0.4, 0.5) is 4.39 Å². The highest BCUT2D eigenvalue weighted by Gasteiger charge is 2.22. The van der Waals surface area contributed by atoms with Gasteiger partial charge in [-0.3, -0.25) is 20.4 Å². The van der Waals surface area contributed by atoms with Gasteiger partial charge in [-0.05, 0) is 30.3 Å². The molecule has 0 bridgehead atoms. The molecule has 138 valence electrons. The molecule has 7 nitrogen and oxygen atoms in total. The Bertz CT molecular complexity index is 964. The van der Waals surface area contributed by atoms with Gasteiger partial charge >= 0.3 is 0 Å². The van der Waals surface area contributed by atoms with E-state index in [9.17, 15) is 22.4 Å². The molecule has 0 aliphatic rings. The van der Waals surface area contributed by atoms with Crippen LogP contribution >= 0.6 is 11.6 Å². The van der Waals surface area contributed by atoms with Crippen LogP contribution in [0.15, 0.2) is 47.4 Å². The Labute approximate surface area is 154 Å². The van der Waals surface area contributed by atoms with E-state index in [-0.39, 0.29) is 15.5 Å². The molecule has 0 radical (unpaired) electrons. The molecule has 2 aromatic carbocycles. The maximum absolute atomic E-state index is 13.9. The number of nitrogens with one attached hydrogen (secondary N) is 2. The van der Waals surface area contributed by atoms with E-state index in [1.807, 2.05) is 5.43 Å². The molecular formula is C16H15ClFN3O4S. The third-order valence-corrected chi connectivity index (χ3v) is 5.51. The molecule has 0 aliphatic heterocycles. The van der Waals surface area contributed by atoms with Crippen molar-refractivity contribution in [2.75, 3.05) is 14.1 Å². The molecule has 2 rings (SSSR count). The Balaban J connectivity index is 2.20. The molecule has 10 heteroatoms. The lowest BCUT2D eigenvalue weighted by atomic mass is 10.2. The van der Waals surface area contributed by atoms with Crippen molar-refractivity contribution in [3.8, 4) is 0 Å². The molecule has 2 N–H and O–H groups in total.